The molecule has 2 aromatic carbocycles. The summed E-state index contributed by atoms with van der Waals surface area (Å²) >= 11 is 0. The molecule has 1 aromatic heterocycles. The summed E-state index contributed by atoms with van der Waals surface area (Å²) in [6.07, 6.45) is -0.193. The molecule has 0 spiro atoms. The zero-order chi connectivity index (χ0) is 22.8. The summed E-state index contributed by atoms with van der Waals surface area (Å²) in [5.41, 5.74) is 5.63. The highest BCUT2D eigenvalue weighted by Gasteiger charge is 2.27. The van der Waals surface area contributed by atoms with Gasteiger partial charge in [-0.25, -0.2) is 0 Å². The molecule has 2 aliphatic heterocycles. The highest BCUT2D eigenvalue weighted by molar-refractivity contribution is 5.68. The summed E-state index contributed by atoms with van der Waals surface area (Å²) in [5.74, 6) is 0.791. The van der Waals surface area contributed by atoms with Gasteiger partial charge >= 0.3 is 6.01 Å². The van der Waals surface area contributed by atoms with Gasteiger partial charge in [-0.05, 0) is 48.2 Å². The average molecular weight is 448 g/mol. The molecule has 1 fully saturated rings. The minimum Gasteiger partial charge on any atom is -0.490 e. The summed E-state index contributed by atoms with van der Waals surface area (Å²) < 4.78 is 19.4. The third-order valence-electron chi connectivity index (χ3n) is 6.43. The van der Waals surface area contributed by atoms with E-state index in [9.17, 15) is 4.79 Å². The third kappa shape index (κ3) is 4.79. The smallest absolute Gasteiger partial charge is 0.300 e. The lowest BCUT2D eigenvalue weighted by Crippen LogP contribution is -2.36. The van der Waals surface area contributed by atoms with Crippen molar-refractivity contribution in [1.82, 2.24) is 14.5 Å². The highest BCUT2D eigenvalue weighted by atomic mass is 16.6. The van der Waals surface area contributed by atoms with E-state index in [-0.39, 0.29) is 11.7 Å². The van der Waals surface area contributed by atoms with Gasteiger partial charge in [0.1, 0.15) is 12.4 Å². The molecule has 5 rings (SSSR count). The molecule has 0 N–H and O–H groups in total. The number of aromatic nitrogens is 2. The number of morpholine rings is 1. The number of hydrogen-bond acceptors (Lipinski definition) is 6. The molecule has 0 aliphatic carbocycles. The predicted molar refractivity (Wildman–Crippen MR) is 126 cm³/mol. The standard InChI is InChI=1S/C26H29N3O4/c1-18-4-3-5-24(19(18)2)20-6-8-22(9-7-20)32-17-23-16-29-21(14-25(30)27-26(29)33-23)15-28-10-12-31-13-11-28/h3-9,14,23H,10-13,15-17H2,1-2H3. The highest BCUT2D eigenvalue weighted by Crippen LogP contribution is 2.28. The first-order valence-corrected chi connectivity index (χ1v) is 11.4. The van der Waals surface area contributed by atoms with Crippen LogP contribution in [0.3, 0.4) is 0 Å². The van der Waals surface area contributed by atoms with Gasteiger partial charge in [-0.1, -0.05) is 30.3 Å². The summed E-state index contributed by atoms with van der Waals surface area (Å²) in [5, 5.41) is 0. The first-order chi connectivity index (χ1) is 16.1. The Hall–Kier alpha value is -3.16. The largest absolute Gasteiger partial charge is 0.490 e. The quantitative estimate of drug-likeness (QED) is 0.578. The first-order valence-electron chi connectivity index (χ1n) is 11.4. The van der Waals surface area contributed by atoms with Gasteiger partial charge in [-0.15, -0.1) is 0 Å². The van der Waals surface area contributed by atoms with E-state index in [1.807, 2.05) is 16.7 Å². The first kappa shape index (κ1) is 21.7. The molecular weight excluding hydrogens is 418 g/mol. The lowest BCUT2D eigenvalue weighted by Gasteiger charge is -2.27. The van der Waals surface area contributed by atoms with Crippen LogP contribution in [0.1, 0.15) is 16.8 Å². The molecule has 2 aliphatic rings. The minimum absolute atomic E-state index is 0.193. The number of rotatable bonds is 6. The van der Waals surface area contributed by atoms with Crippen molar-refractivity contribution < 1.29 is 14.2 Å². The van der Waals surface area contributed by atoms with Crippen molar-refractivity contribution >= 4 is 0 Å². The van der Waals surface area contributed by atoms with Crippen molar-refractivity contribution in [2.24, 2.45) is 0 Å². The summed E-state index contributed by atoms with van der Waals surface area (Å²) in [6.45, 7) is 9.12. The van der Waals surface area contributed by atoms with Gasteiger partial charge in [0.25, 0.3) is 5.56 Å². The molecule has 33 heavy (non-hydrogen) atoms. The molecule has 1 unspecified atom stereocenters. The SMILES string of the molecule is Cc1cccc(-c2ccc(OCC3Cn4c(CN5CCOCC5)cc(=O)nc4O3)cc2)c1C. The van der Waals surface area contributed by atoms with Gasteiger partial charge in [0.05, 0.1) is 19.8 Å². The Morgan fingerprint density at radius 2 is 1.88 bits per heavy atom. The van der Waals surface area contributed by atoms with Crippen LogP contribution in [-0.4, -0.2) is 53.5 Å². The van der Waals surface area contributed by atoms with Crippen molar-refractivity contribution in [1.29, 1.82) is 0 Å². The molecule has 1 saturated heterocycles. The van der Waals surface area contributed by atoms with Gasteiger partial charge in [0.15, 0.2) is 6.10 Å². The van der Waals surface area contributed by atoms with E-state index in [1.165, 1.54) is 22.3 Å². The van der Waals surface area contributed by atoms with E-state index >= 15 is 0 Å². The average Bonchev–Trinajstić information content (AvgIpc) is 3.24. The fourth-order valence-electron chi connectivity index (χ4n) is 4.40. The Kier molecular flexibility index (Phi) is 6.15. The molecule has 3 aromatic rings. The molecular formula is C26H29N3O4. The molecule has 1 atom stereocenters. The maximum absolute atomic E-state index is 12.1. The van der Waals surface area contributed by atoms with Crippen LogP contribution >= 0.6 is 0 Å². The fourth-order valence-corrected chi connectivity index (χ4v) is 4.40. The van der Waals surface area contributed by atoms with Gasteiger partial charge in [-0.3, -0.25) is 14.3 Å². The number of aryl methyl sites for hydroxylation is 1. The van der Waals surface area contributed by atoms with Crippen molar-refractivity contribution in [3.63, 3.8) is 0 Å². The normalized spacial score (nSPS) is 18.1. The molecule has 172 valence electrons. The topological polar surface area (TPSA) is 65.8 Å². The van der Waals surface area contributed by atoms with Gasteiger partial charge in [0, 0.05) is 31.4 Å². The molecule has 0 saturated carbocycles. The maximum atomic E-state index is 12.1. The number of hydrogen-bond donors (Lipinski definition) is 0. The summed E-state index contributed by atoms with van der Waals surface area (Å²) in [7, 11) is 0. The zero-order valence-electron chi connectivity index (χ0n) is 19.1. The summed E-state index contributed by atoms with van der Waals surface area (Å²) in [4.78, 5) is 18.4. The van der Waals surface area contributed by atoms with Crippen LogP contribution in [-0.2, 0) is 17.8 Å². The zero-order valence-corrected chi connectivity index (χ0v) is 19.1. The van der Waals surface area contributed by atoms with Gasteiger partial charge < -0.3 is 14.2 Å². The fraction of sp³-hybridized carbons (Fsp3) is 0.385. The number of ether oxygens (including phenoxy) is 3. The van der Waals surface area contributed by atoms with Crippen LogP contribution in [0, 0.1) is 13.8 Å². The second-order valence-corrected chi connectivity index (χ2v) is 8.69. The van der Waals surface area contributed by atoms with E-state index in [0.717, 1.165) is 37.7 Å². The van der Waals surface area contributed by atoms with Crippen LogP contribution in [0.15, 0.2) is 53.3 Å². The minimum atomic E-state index is -0.270. The Morgan fingerprint density at radius 1 is 1.09 bits per heavy atom. The van der Waals surface area contributed by atoms with Gasteiger partial charge in [0.2, 0.25) is 0 Å². The van der Waals surface area contributed by atoms with Crippen molar-refractivity contribution in [2.75, 3.05) is 32.9 Å². The molecule has 7 heteroatoms. The van der Waals surface area contributed by atoms with E-state index in [4.69, 9.17) is 14.2 Å². The lowest BCUT2D eigenvalue weighted by atomic mass is 9.97. The second kappa shape index (κ2) is 9.37. The van der Waals surface area contributed by atoms with Crippen molar-refractivity contribution in [2.45, 2.75) is 33.0 Å². The Bertz CT molecular complexity index is 1180. The molecule has 0 radical (unpaired) electrons. The van der Waals surface area contributed by atoms with Crippen molar-refractivity contribution in [3.8, 4) is 22.9 Å². The summed E-state index contributed by atoms with van der Waals surface area (Å²) in [6, 6.07) is 16.5. The van der Waals surface area contributed by atoms with Crippen LogP contribution in [0.2, 0.25) is 0 Å². The van der Waals surface area contributed by atoms with E-state index in [2.05, 4.69) is 54.1 Å². The molecule has 0 amide bonds. The Labute approximate surface area is 193 Å². The number of benzene rings is 2. The van der Waals surface area contributed by atoms with Crippen LogP contribution in [0.4, 0.5) is 0 Å². The van der Waals surface area contributed by atoms with Crippen molar-refractivity contribution in [3.05, 3.63) is 75.7 Å². The monoisotopic (exact) mass is 447 g/mol. The van der Waals surface area contributed by atoms with Crippen LogP contribution < -0.4 is 15.0 Å². The second-order valence-electron chi connectivity index (χ2n) is 8.69. The van der Waals surface area contributed by atoms with Crippen LogP contribution in [0.5, 0.6) is 11.8 Å². The van der Waals surface area contributed by atoms with Crippen LogP contribution in [0.25, 0.3) is 11.1 Å². The molecule has 3 heterocycles. The number of fused-ring (bicyclic) bond motifs is 1. The molecule has 0 bridgehead atoms. The molecule has 7 nitrogen and oxygen atoms in total. The predicted octanol–water partition coefficient (Wildman–Crippen LogP) is 3.20. The maximum Gasteiger partial charge on any atom is 0.300 e. The van der Waals surface area contributed by atoms with E-state index < -0.39 is 0 Å². The van der Waals surface area contributed by atoms with Gasteiger partial charge in [-0.2, -0.15) is 4.98 Å². The Morgan fingerprint density at radius 3 is 2.67 bits per heavy atom. The van der Waals surface area contributed by atoms with E-state index in [1.54, 1.807) is 6.07 Å². The van der Waals surface area contributed by atoms with E-state index in [0.29, 0.717) is 25.7 Å². The lowest BCUT2D eigenvalue weighted by molar-refractivity contribution is 0.0331. The number of nitrogens with zero attached hydrogens (tertiary/aromatic N) is 3. The third-order valence-corrected chi connectivity index (χ3v) is 6.43. The Balaban J connectivity index is 1.23.